The zero-order valence-electron chi connectivity index (χ0n) is 10.6. The SMILES string of the molecule is CCC(=O)Cn1ncc(N2CCNCC2)cc1=O. The zero-order valence-corrected chi connectivity index (χ0v) is 10.6. The molecule has 6 heteroatoms. The van der Waals surface area contributed by atoms with Gasteiger partial charge in [-0.25, -0.2) is 4.68 Å². The molecule has 0 bridgehead atoms. The summed E-state index contributed by atoms with van der Waals surface area (Å²) in [5.74, 6) is 0.0134. The van der Waals surface area contributed by atoms with E-state index in [2.05, 4.69) is 15.3 Å². The van der Waals surface area contributed by atoms with E-state index in [0.29, 0.717) is 6.42 Å². The summed E-state index contributed by atoms with van der Waals surface area (Å²) in [5.41, 5.74) is 0.620. The summed E-state index contributed by atoms with van der Waals surface area (Å²) in [6.45, 7) is 5.42. The number of Topliss-reactive ketones (excluding diaryl/α,β-unsaturated/α-hetero) is 1. The third kappa shape index (κ3) is 2.95. The molecule has 98 valence electrons. The summed E-state index contributed by atoms with van der Waals surface area (Å²) in [6.07, 6.45) is 2.09. The lowest BCUT2D eigenvalue weighted by Gasteiger charge is -2.28. The molecule has 2 heterocycles. The molecule has 0 amide bonds. The van der Waals surface area contributed by atoms with Crippen molar-refractivity contribution < 1.29 is 4.79 Å². The van der Waals surface area contributed by atoms with Crippen molar-refractivity contribution >= 4 is 11.5 Å². The molecule has 0 saturated carbocycles. The molecule has 1 aromatic rings. The molecule has 0 radical (unpaired) electrons. The lowest BCUT2D eigenvalue weighted by atomic mass is 10.3. The van der Waals surface area contributed by atoms with Gasteiger partial charge in [0.05, 0.1) is 11.9 Å². The number of aromatic nitrogens is 2. The van der Waals surface area contributed by atoms with E-state index in [-0.39, 0.29) is 17.9 Å². The van der Waals surface area contributed by atoms with E-state index in [1.807, 2.05) is 0 Å². The highest BCUT2D eigenvalue weighted by molar-refractivity contribution is 5.77. The minimum absolute atomic E-state index is 0.0134. The molecule has 1 saturated heterocycles. The monoisotopic (exact) mass is 250 g/mol. The van der Waals surface area contributed by atoms with Gasteiger partial charge in [-0.1, -0.05) is 6.92 Å². The van der Waals surface area contributed by atoms with Gasteiger partial charge in [-0.3, -0.25) is 9.59 Å². The first-order valence-electron chi connectivity index (χ1n) is 6.25. The molecule has 0 aromatic carbocycles. The number of carbonyl (C=O) groups excluding carboxylic acids is 1. The van der Waals surface area contributed by atoms with Gasteiger partial charge in [0.1, 0.15) is 6.54 Å². The normalized spacial score (nSPS) is 15.7. The Morgan fingerprint density at radius 1 is 1.44 bits per heavy atom. The second-order valence-electron chi connectivity index (χ2n) is 4.34. The quantitative estimate of drug-likeness (QED) is 0.790. The summed E-state index contributed by atoms with van der Waals surface area (Å²) < 4.78 is 1.22. The Hall–Kier alpha value is -1.69. The smallest absolute Gasteiger partial charge is 0.269 e. The van der Waals surface area contributed by atoms with Gasteiger partial charge in [-0.05, 0) is 0 Å². The summed E-state index contributed by atoms with van der Waals surface area (Å²) in [4.78, 5) is 25.3. The van der Waals surface area contributed by atoms with Gasteiger partial charge in [-0.15, -0.1) is 0 Å². The van der Waals surface area contributed by atoms with Crippen LogP contribution in [0.2, 0.25) is 0 Å². The average molecular weight is 250 g/mol. The second-order valence-corrected chi connectivity index (χ2v) is 4.34. The van der Waals surface area contributed by atoms with Crippen LogP contribution in [0.4, 0.5) is 5.69 Å². The minimum Gasteiger partial charge on any atom is -0.368 e. The van der Waals surface area contributed by atoms with Crippen LogP contribution in [0.25, 0.3) is 0 Å². The van der Waals surface area contributed by atoms with E-state index in [4.69, 9.17) is 0 Å². The van der Waals surface area contributed by atoms with E-state index >= 15 is 0 Å². The Morgan fingerprint density at radius 3 is 2.78 bits per heavy atom. The molecular weight excluding hydrogens is 232 g/mol. The van der Waals surface area contributed by atoms with Crippen LogP contribution in [0.1, 0.15) is 13.3 Å². The third-order valence-corrected chi connectivity index (χ3v) is 3.06. The maximum atomic E-state index is 11.8. The van der Waals surface area contributed by atoms with Crippen molar-refractivity contribution in [3.63, 3.8) is 0 Å². The fourth-order valence-electron chi connectivity index (χ4n) is 1.92. The van der Waals surface area contributed by atoms with Crippen molar-refractivity contribution in [3.05, 3.63) is 22.6 Å². The van der Waals surface area contributed by atoms with E-state index in [9.17, 15) is 9.59 Å². The predicted molar refractivity (Wildman–Crippen MR) is 68.9 cm³/mol. The standard InChI is InChI=1S/C12H18N4O2/c1-2-11(17)9-16-12(18)7-10(8-14-16)15-5-3-13-4-6-15/h7-8,13H,2-6,9H2,1H3. The number of hydrogen-bond donors (Lipinski definition) is 1. The Kier molecular flexibility index (Phi) is 4.09. The minimum atomic E-state index is -0.215. The van der Waals surface area contributed by atoms with Crippen LogP contribution in [-0.2, 0) is 11.3 Å². The van der Waals surface area contributed by atoms with Gasteiger partial charge in [0.25, 0.3) is 5.56 Å². The number of nitrogens with zero attached hydrogens (tertiary/aromatic N) is 3. The van der Waals surface area contributed by atoms with Crippen molar-refractivity contribution in [1.29, 1.82) is 0 Å². The van der Waals surface area contributed by atoms with E-state index in [0.717, 1.165) is 31.9 Å². The number of anilines is 1. The first-order chi connectivity index (χ1) is 8.70. The van der Waals surface area contributed by atoms with Crippen LogP contribution in [0.5, 0.6) is 0 Å². The van der Waals surface area contributed by atoms with Gasteiger partial charge in [0, 0.05) is 38.7 Å². The zero-order chi connectivity index (χ0) is 13.0. The van der Waals surface area contributed by atoms with E-state index < -0.39 is 0 Å². The van der Waals surface area contributed by atoms with Crippen molar-refractivity contribution in [2.24, 2.45) is 0 Å². The first-order valence-corrected chi connectivity index (χ1v) is 6.25. The molecule has 0 aliphatic carbocycles. The fraction of sp³-hybridized carbons (Fsp3) is 0.583. The van der Waals surface area contributed by atoms with Crippen LogP contribution in [0.3, 0.4) is 0 Å². The molecule has 0 spiro atoms. The van der Waals surface area contributed by atoms with Gasteiger partial charge in [-0.2, -0.15) is 5.10 Å². The Balaban J connectivity index is 2.13. The van der Waals surface area contributed by atoms with Gasteiger partial charge in [0.15, 0.2) is 5.78 Å². The van der Waals surface area contributed by atoms with Crippen LogP contribution in [0, 0.1) is 0 Å². The van der Waals surface area contributed by atoms with Crippen molar-refractivity contribution in [2.75, 3.05) is 31.1 Å². The summed E-state index contributed by atoms with van der Waals surface area (Å²) >= 11 is 0. The molecule has 1 aliphatic rings. The van der Waals surface area contributed by atoms with E-state index in [1.54, 1.807) is 19.2 Å². The second kappa shape index (κ2) is 5.77. The highest BCUT2D eigenvalue weighted by atomic mass is 16.1. The Labute approximate surface area is 106 Å². The highest BCUT2D eigenvalue weighted by Crippen LogP contribution is 2.09. The number of hydrogen-bond acceptors (Lipinski definition) is 5. The number of rotatable bonds is 4. The van der Waals surface area contributed by atoms with Gasteiger partial charge >= 0.3 is 0 Å². The topological polar surface area (TPSA) is 67.2 Å². The molecule has 1 aliphatic heterocycles. The average Bonchev–Trinajstić information content (AvgIpc) is 2.42. The number of ketones is 1. The Bertz CT molecular complexity index is 477. The van der Waals surface area contributed by atoms with Gasteiger partial charge in [0.2, 0.25) is 0 Å². The number of carbonyl (C=O) groups is 1. The van der Waals surface area contributed by atoms with E-state index in [1.165, 1.54) is 4.68 Å². The maximum absolute atomic E-state index is 11.8. The molecule has 0 atom stereocenters. The fourth-order valence-corrected chi connectivity index (χ4v) is 1.92. The molecule has 0 unspecified atom stereocenters. The lowest BCUT2D eigenvalue weighted by molar-refractivity contribution is -0.119. The van der Waals surface area contributed by atoms with Crippen molar-refractivity contribution in [1.82, 2.24) is 15.1 Å². The molecule has 18 heavy (non-hydrogen) atoms. The molecule has 6 nitrogen and oxygen atoms in total. The molecule has 1 N–H and O–H groups in total. The summed E-state index contributed by atoms with van der Waals surface area (Å²) in [7, 11) is 0. The molecule has 2 rings (SSSR count). The van der Waals surface area contributed by atoms with Crippen LogP contribution in [0.15, 0.2) is 17.1 Å². The number of nitrogens with one attached hydrogen (secondary N) is 1. The largest absolute Gasteiger partial charge is 0.368 e. The first kappa shape index (κ1) is 12.8. The third-order valence-electron chi connectivity index (χ3n) is 3.06. The Morgan fingerprint density at radius 2 is 2.17 bits per heavy atom. The lowest BCUT2D eigenvalue weighted by Crippen LogP contribution is -2.44. The van der Waals surface area contributed by atoms with Crippen molar-refractivity contribution in [3.8, 4) is 0 Å². The molecule has 1 fully saturated rings. The molecule has 1 aromatic heterocycles. The van der Waals surface area contributed by atoms with Crippen LogP contribution < -0.4 is 15.8 Å². The highest BCUT2D eigenvalue weighted by Gasteiger charge is 2.12. The summed E-state index contributed by atoms with van der Waals surface area (Å²) in [6, 6.07) is 1.56. The molecular formula is C12H18N4O2. The van der Waals surface area contributed by atoms with Crippen LogP contribution in [-0.4, -0.2) is 41.7 Å². The number of piperazine rings is 1. The predicted octanol–water partition coefficient (Wildman–Crippen LogP) is -0.368. The van der Waals surface area contributed by atoms with Gasteiger partial charge < -0.3 is 10.2 Å². The summed E-state index contributed by atoms with van der Waals surface area (Å²) in [5, 5.41) is 7.32. The van der Waals surface area contributed by atoms with Crippen LogP contribution >= 0.6 is 0 Å². The van der Waals surface area contributed by atoms with Crippen molar-refractivity contribution in [2.45, 2.75) is 19.9 Å². The maximum Gasteiger partial charge on any atom is 0.269 e.